The highest BCUT2D eigenvalue weighted by atomic mass is 35.5. The molecule has 0 radical (unpaired) electrons. The molecule has 2 N–H and O–H groups in total. The lowest BCUT2D eigenvalue weighted by molar-refractivity contribution is -0.137. The lowest BCUT2D eigenvalue weighted by Gasteiger charge is -2.44. The molecule has 5 atom stereocenters. The van der Waals surface area contributed by atoms with E-state index in [0.29, 0.717) is 77.1 Å². The van der Waals surface area contributed by atoms with E-state index in [2.05, 4.69) is 49.6 Å². The van der Waals surface area contributed by atoms with Crippen LogP contribution in [0.2, 0.25) is 5.02 Å². The minimum Gasteiger partial charge on any atom is -0.424 e. The fraction of sp³-hybridized carbons (Fsp3) is 0.383. The second kappa shape index (κ2) is 18.8. The third-order valence-corrected chi connectivity index (χ3v) is 13.2. The summed E-state index contributed by atoms with van der Waals surface area (Å²) in [6, 6.07) is 11.0. The molecular weight excluding hydrogens is 887 g/mol. The first-order valence-corrected chi connectivity index (χ1v) is 22.6. The van der Waals surface area contributed by atoms with Crippen molar-refractivity contribution in [3.05, 3.63) is 119 Å². The summed E-state index contributed by atoms with van der Waals surface area (Å²) in [6.07, 6.45) is 8.74. The molecule has 2 fully saturated rings. The zero-order chi connectivity index (χ0) is 47.0. The molecule has 2 aliphatic rings. The first kappa shape index (κ1) is 45.3. The molecule has 6 aromatic heterocycles. The van der Waals surface area contributed by atoms with Crippen molar-refractivity contribution in [2.45, 2.75) is 71.8 Å². The van der Waals surface area contributed by atoms with Crippen LogP contribution in [0.1, 0.15) is 70.5 Å². The number of amides is 2. The van der Waals surface area contributed by atoms with Crippen molar-refractivity contribution < 1.29 is 27.2 Å². The molecule has 67 heavy (non-hydrogen) atoms. The van der Waals surface area contributed by atoms with Crippen LogP contribution < -0.4 is 10.6 Å². The number of pyridine rings is 3. The van der Waals surface area contributed by atoms with Gasteiger partial charge in [0.15, 0.2) is 11.4 Å². The van der Waals surface area contributed by atoms with E-state index in [1.54, 1.807) is 47.8 Å². The third-order valence-electron chi connectivity index (χ3n) is 12.9. The normalized spacial score (nSPS) is 20.0. The SMILES string of the molecule is Cc1cnc(-c2cnn(CC3CCN(C(=O)c4cc(C)cnc4-n4nccn4)C(CNc4ccc(C(F)(F)F)cn4)C3C)c2)c(C(=O)N2CCCC(C)C2CNc2nc3cc(Cl)ccc3o2)c1. The quantitative estimate of drug-likeness (QED) is 0.120. The molecule has 20 heteroatoms. The number of benzene rings is 1. The number of aromatic nitrogens is 9. The second-order valence-corrected chi connectivity index (χ2v) is 18.0. The van der Waals surface area contributed by atoms with Gasteiger partial charge in [0.05, 0.1) is 53.1 Å². The van der Waals surface area contributed by atoms with Gasteiger partial charge in [0.1, 0.15) is 11.3 Å². The van der Waals surface area contributed by atoms with E-state index < -0.39 is 17.8 Å². The fourth-order valence-electron chi connectivity index (χ4n) is 9.29. The monoisotopic (exact) mass is 935 g/mol. The Balaban J connectivity index is 0.944. The van der Waals surface area contributed by atoms with Crippen LogP contribution in [-0.2, 0) is 12.7 Å². The first-order valence-electron chi connectivity index (χ1n) is 22.2. The molecule has 2 amide bonds. The van der Waals surface area contributed by atoms with Crippen LogP contribution in [0.15, 0.2) is 90.3 Å². The van der Waals surface area contributed by atoms with Crippen molar-refractivity contribution in [2.24, 2.45) is 17.8 Å². The zero-order valence-electron chi connectivity index (χ0n) is 37.3. The third kappa shape index (κ3) is 9.68. The Morgan fingerprint density at radius 3 is 2.31 bits per heavy atom. The van der Waals surface area contributed by atoms with Gasteiger partial charge in [-0.25, -0.2) is 9.97 Å². The second-order valence-electron chi connectivity index (χ2n) is 17.5. The average Bonchev–Trinajstić information content (AvgIpc) is 4.10. The number of rotatable bonds is 12. The van der Waals surface area contributed by atoms with Gasteiger partial charge < -0.3 is 24.9 Å². The van der Waals surface area contributed by atoms with Crippen LogP contribution in [0.3, 0.4) is 0 Å². The highest BCUT2D eigenvalue weighted by Gasteiger charge is 2.40. The molecular formula is C47H49ClF3N13O3. The average molecular weight is 936 g/mol. The molecule has 5 unspecified atom stereocenters. The summed E-state index contributed by atoms with van der Waals surface area (Å²) in [5, 5.41) is 20.3. The maximum Gasteiger partial charge on any atom is 0.417 e. The van der Waals surface area contributed by atoms with Gasteiger partial charge in [0, 0.05) is 68.1 Å². The minimum absolute atomic E-state index is 0.0143. The molecule has 1 aromatic carbocycles. The number of likely N-dealkylation sites (tertiary alicyclic amines) is 2. The van der Waals surface area contributed by atoms with Crippen molar-refractivity contribution in [3.8, 4) is 17.1 Å². The molecule has 8 heterocycles. The largest absolute Gasteiger partial charge is 0.424 e. The van der Waals surface area contributed by atoms with Crippen LogP contribution in [-0.4, -0.2) is 105 Å². The molecule has 0 aliphatic carbocycles. The molecule has 9 rings (SSSR count). The molecule has 0 bridgehead atoms. The Labute approximate surface area is 389 Å². The molecule has 0 saturated carbocycles. The molecule has 7 aromatic rings. The summed E-state index contributed by atoms with van der Waals surface area (Å²) in [7, 11) is 0. The standard InChI is InChI=1S/C47H49ClF3N13O3/c1-27-16-35(44(65)62-14-5-6-29(3)38(62)23-56-46-60-37-18-34(48)8-9-40(37)67-46)42(54-19-27)32-21-59-61(26-32)25-31-11-15-63(45(66)36-17-28(2)20-55-43(36)64-57-12-13-58-64)39(30(31)4)24-53-41-10-7-33(22-52-41)47(49,50)51/h7-10,12-13,16-22,26,29-31,38-39H,5-6,11,14-15,23-25H2,1-4H3,(H,52,53)(H,56,60). The summed E-state index contributed by atoms with van der Waals surface area (Å²) in [4.78, 5) is 52.2. The van der Waals surface area contributed by atoms with E-state index in [1.165, 1.54) is 23.3 Å². The van der Waals surface area contributed by atoms with Gasteiger partial charge >= 0.3 is 6.18 Å². The van der Waals surface area contributed by atoms with Crippen molar-refractivity contribution in [3.63, 3.8) is 0 Å². The minimum atomic E-state index is -4.53. The van der Waals surface area contributed by atoms with Gasteiger partial charge in [-0.1, -0.05) is 25.4 Å². The van der Waals surface area contributed by atoms with Gasteiger partial charge in [0.2, 0.25) is 0 Å². The van der Waals surface area contributed by atoms with E-state index in [9.17, 15) is 22.8 Å². The number of carbonyl (C=O) groups excluding carboxylic acids is 2. The Morgan fingerprint density at radius 1 is 0.821 bits per heavy atom. The number of piperidine rings is 2. The smallest absolute Gasteiger partial charge is 0.417 e. The fourth-order valence-corrected chi connectivity index (χ4v) is 9.46. The summed E-state index contributed by atoms with van der Waals surface area (Å²) >= 11 is 6.18. The van der Waals surface area contributed by atoms with Crippen molar-refractivity contribution >= 4 is 46.3 Å². The van der Waals surface area contributed by atoms with E-state index in [1.807, 2.05) is 35.7 Å². The number of hydrogen-bond donors (Lipinski definition) is 2. The van der Waals surface area contributed by atoms with Gasteiger partial charge in [-0.3, -0.25) is 19.3 Å². The Morgan fingerprint density at radius 2 is 1.55 bits per heavy atom. The number of anilines is 2. The van der Waals surface area contributed by atoms with Crippen LogP contribution >= 0.6 is 11.6 Å². The number of halogens is 4. The highest BCUT2D eigenvalue weighted by molar-refractivity contribution is 6.31. The molecule has 0 spiro atoms. The summed E-state index contributed by atoms with van der Waals surface area (Å²) in [5.41, 5.74) is 4.04. The Bertz CT molecular complexity index is 2890. The molecule has 16 nitrogen and oxygen atoms in total. The number of nitrogens with one attached hydrogen (secondary N) is 2. The predicted molar refractivity (Wildman–Crippen MR) is 245 cm³/mol. The van der Waals surface area contributed by atoms with Gasteiger partial charge in [-0.05, 0) is 104 Å². The van der Waals surface area contributed by atoms with Crippen molar-refractivity contribution in [2.75, 3.05) is 36.8 Å². The van der Waals surface area contributed by atoms with Crippen LogP contribution in [0.5, 0.6) is 0 Å². The van der Waals surface area contributed by atoms with Crippen molar-refractivity contribution in [1.29, 1.82) is 0 Å². The molecule has 2 saturated heterocycles. The van der Waals surface area contributed by atoms with E-state index >= 15 is 0 Å². The first-order chi connectivity index (χ1) is 32.2. The lowest BCUT2D eigenvalue weighted by Crippen LogP contribution is -2.54. The maximum absolute atomic E-state index is 14.7. The van der Waals surface area contributed by atoms with Crippen LogP contribution in [0.4, 0.5) is 25.0 Å². The maximum atomic E-state index is 14.7. The molecule has 348 valence electrons. The van der Waals surface area contributed by atoms with E-state index in [0.717, 1.165) is 36.2 Å². The lowest BCUT2D eigenvalue weighted by atomic mass is 9.80. The Hall–Kier alpha value is -6.89. The topological polar surface area (TPSA) is 178 Å². The van der Waals surface area contributed by atoms with Gasteiger partial charge in [0.25, 0.3) is 17.8 Å². The van der Waals surface area contributed by atoms with E-state index in [-0.39, 0.29) is 53.8 Å². The van der Waals surface area contributed by atoms with E-state index in [4.69, 9.17) is 26.1 Å². The number of aryl methyl sites for hydroxylation is 2. The van der Waals surface area contributed by atoms with Gasteiger partial charge in [-0.15, -0.1) is 4.80 Å². The molecule has 2 aliphatic heterocycles. The summed E-state index contributed by atoms with van der Waals surface area (Å²) < 4.78 is 47.9. The summed E-state index contributed by atoms with van der Waals surface area (Å²) in [5.74, 6) is 0.211. The van der Waals surface area contributed by atoms with Gasteiger partial charge in [-0.2, -0.15) is 33.5 Å². The number of fused-ring (bicyclic) bond motifs is 1. The number of hydrogen-bond acceptors (Lipinski definition) is 12. The number of oxazole rings is 1. The summed E-state index contributed by atoms with van der Waals surface area (Å²) in [6.45, 7) is 10.1. The van der Waals surface area contributed by atoms with Crippen LogP contribution in [0, 0.1) is 31.6 Å². The number of alkyl halides is 3. The number of carbonyl (C=O) groups is 2. The predicted octanol–water partition coefficient (Wildman–Crippen LogP) is 8.38. The van der Waals surface area contributed by atoms with Crippen molar-refractivity contribution in [1.82, 2.24) is 54.5 Å². The highest BCUT2D eigenvalue weighted by Crippen LogP contribution is 2.35. The number of nitrogens with zero attached hydrogens (tertiary/aromatic N) is 11. The zero-order valence-corrected chi connectivity index (χ0v) is 38.0. The Kier molecular flexibility index (Phi) is 12.7. The van der Waals surface area contributed by atoms with Crippen LogP contribution in [0.25, 0.3) is 28.2 Å².